The number of aromatic carboxylic acids is 1. The summed E-state index contributed by atoms with van der Waals surface area (Å²) in [6.45, 7) is 5.54. The van der Waals surface area contributed by atoms with E-state index < -0.39 is 21.5 Å². The number of benzene rings is 1. The molecule has 0 aliphatic rings. The Morgan fingerprint density at radius 2 is 1.90 bits per heavy atom. The fourth-order valence-corrected chi connectivity index (χ4v) is 3.69. The summed E-state index contributed by atoms with van der Waals surface area (Å²) < 4.78 is 27.3. The van der Waals surface area contributed by atoms with E-state index in [1.807, 2.05) is 13.8 Å². The topological polar surface area (TPSA) is 83.5 Å². The third-order valence-electron chi connectivity index (χ3n) is 3.41. The number of sulfonamides is 1. The second-order valence-electron chi connectivity index (χ2n) is 4.82. The molecule has 1 aromatic carbocycles. The first-order chi connectivity index (χ1) is 9.15. The molecule has 112 valence electrons. The van der Waals surface area contributed by atoms with Gasteiger partial charge in [-0.1, -0.05) is 25.4 Å². The maximum Gasteiger partial charge on any atom is 0.335 e. The van der Waals surface area contributed by atoms with Gasteiger partial charge in [-0.15, -0.1) is 0 Å². The standard InChI is InChI=1S/C13H18ClNO4S/c1-4-13(3,5-2)15-20(18,19)11-8-9(12(16)17)6-7-10(11)14/h6-8,15H,4-5H2,1-3H3,(H,16,17). The first kappa shape index (κ1) is 16.9. The third-order valence-corrected chi connectivity index (χ3v) is 5.53. The molecule has 2 N–H and O–H groups in total. The maximum atomic E-state index is 12.4. The second-order valence-corrected chi connectivity index (χ2v) is 6.88. The number of hydrogen-bond acceptors (Lipinski definition) is 3. The molecule has 0 bridgehead atoms. The lowest BCUT2D eigenvalue weighted by molar-refractivity contribution is 0.0696. The Bertz CT molecular complexity index is 609. The molecular weight excluding hydrogens is 302 g/mol. The zero-order chi connectivity index (χ0) is 15.6. The van der Waals surface area contributed by atoms with Crippen LogP contribution in [0.2, 0.25) is 5.02 Å². The van der Waals surface area contributed by atoms with E-state index in [4.69, 9.17) is 16.7 Å². The van der Waals surface area contributed by atoms with Crippen LogP contribution in [-0.4, -0.2) is 25.0 Å². The van der Waals surface area contributed by atoms with E-state index in [1.165, 1.54) is 12.1 Å². The summed E-state index contributed by atoms with van der Waals surface area (Å²) in [6, 6.07) is 3.61. The van der Waals surface area contributed by atoms with Crippen LogP contribution in [0.3, 0.4) is 0 Å². The van der Waals surface area contributed by atoms with E-state index in [9.17, 15) is 13.2 Å². The van der Waals surface area contributed by atoms with Gasteiger partial charge in [0, 0.05) is 5.54 Å². The van der Waals surface area contributed by atoms with Crippen molar-refractivity contribution in [2.75, 3.05) is 0 Å². The van der Waals surface area contributed by atoms with Crippen LogP contribution in [0.25, 0.3) is 0 Å². The summed E-state index contributed by atoms with van der Waals surface area (Å²) in [5.41, 5.74) is -0.717. The number of carbonyl (C=O) groups is 1. The van der Waals surface area contributed by atoms with E-state index in [-0.39, 0.29) is 15.5 Å². The van der Waals surface area contributed by atoms with Gasteiger partial charge >= 0.3 is 5.97 Å². The van der Waals surface area contributed by atoms with Gasteiger partial charge in [0.2, 0.25) is 10.0 Å². The Hall–Kier alpha value is -1.11. The number of halogens is 1. The number of rotatable bonds is 6. The lowest BCUT2D eigenvalue weighted by atomic mass is 9.98. The molecule has 0 saturated heterocycles. The number of hydrogen-bond donors (Lipinski definition) is 2. The monoisotopic (exact) mass is 319 g/mol. The van der Waals surface area contributed by atoms with Crippen LogP contribution in [0.1, 0.15) is 44.0 Å². The molecule has 0 atom stereocenters. The Labute approximate surface area is 124 Å². The zero-order valence-corrected chi connectivity index (χ0v) is 13.2. The van der Waals surface area contributed by atoms with E-state index in [2.05, 4.69) is 4.72 Å². The normalized spacial score (nSPS) is 12.4. The zero-order valence-electron chi connectivity index (χ0n) is 11.6. The second kappa shape index (κ2) is 6.11. The van der Waals surface area contributed by atoms with Crippen LogP contribution in [0.5, 0.6) is 0 Å². The number of carboxylic acids is 1. The van der Waals surface area contributed by atoms with Crippen LogP contribution >= 0.6 is 11.6 Å². The molecule has 1 rings (SSSR count). The summed E-state index contributed by atoms with van der Waals surface area (Å²) in [7, 11) is -3.87. The molecule has 0 fully saturated rings. The predicted octanol–water partition coefficient (Wildman–Crippen LogP) is 2.90. The highest BCUT2D eigenvalue weighted by Gasteiger charge is 2.29. The highest BCUT2D eigenvalue weighted by Crippen LogP contribution is 2.25. The van der Waals surface area contributed by atoms with Crippen molar-refractivity contribution in [3.63, 3.8) is 0 Å². The van der Waals surface area contributed by atoms with Gasteiger partial charge in [0.1, 0.15) is 4.90 Å². The minimum absolute atomic E-state index is 0.00273. The Balaban J connectivity index is 3.28. The van der Waals surface area contributed by atoms with Crippen molar-refractivity contribution >= 4 is 27.6 Å². The van der Waals surface area contributed by atoms with Gasteiger partial charge in [-0.2, -0.15) is 0 Å². The van der Waals surface area contributed by atoms with Crippen molar-refractivity contribution in [1.82, 2.24) is 4.72 Å². The summed E-state index contributed by atoms with van der Waals surface area (Å²) in [5, 5.41) is 8.93. The van der Waals surface area contributed by atoms with Crippen LogP contribution in [0.4, 0.5) is 0 Å². The molecule has 0 aliphatic carbocycles. The van der Waals surface area contributed by atoms with E-state index in [1.54, 1.807) is 6.92 Å². The number of nitrogens with one attached hydrogen (secondary N) is 1. The predicted molar refractivity (Wildman–Crippen MR) is 77.7 cm³/mol. The summed E-state index contributed by atoms with van der Waals surface area (Å²) in [4.78, 5) is 10.7. The van der Waals surface area contributed by atoms with Crippen LogP contribution < -0.4 is 4.72 Å². The average molecular weight is 320 g/mol. The molecule has 5 nitrogen and oxygen atoms in total. The maximum absolute atomic E-state index is 12.4. The van der Waals surface area contributed by atoms with Crippen LogP contribution in [0, 0.1) is 0 Å². The van der Waals surface area contributed by atoms with Gasteiger partial charge in [0.15, 0.2) is 0 Å². The number of carboxylic acid groups (broad SMARTS) is 1. The molecule has 0 saturated carbocycles. The van der Waals surface area contributed by atoms with Gasteiger partial charge in [0.25, 0.3) is 0 Å². The van der Waals surface area contributed by atoms with Gasteiger partial charge in [-0.05, 0) is 38.0 Å². The van der Waals surface area contributed by atoms with Gasteiger partial charge in [-0.25, -0.2) is 17.9 Å². The molecule has 0 aliphatic heterocycles. The van der Waals surface area contributed by atoms with Crippen molar-refractivity contribution in [2.24, 2.45) is 0 Å². The van der Waals surface area contributed by atoms with Crippen molar-refractivity contribution in [1.29, 1.82) is 0 Å². The first-order valence-electron chi connectivity index (χ1n) is 6.22. The molecule has 0 spiro atoms. The van der Waals surface area contributed by atoms with Gasteiger partial charge < -0.3 is 5.11 Å². The molecule has 1 aromatic rings. The Kier molecular flexibility index (Phi) is 5.18. The lowest BCUT2D eigenvalue weighted by Crippen LogP contribution is -2.44. The fourth-order valence-electron chi connectivity index (χ4n) is 1.62. The molecule has 0 amide bonds. The van der Waals surface area contributed by atoms with Gasteiger partial charge in [0.05, 0.1) is 10.6 Å². The van der Waals surface area contributed by atoms with Gasteiger partial charge in [-0.3, -0.25) is 0 Å². The van der Waals surface area contributed by atoms with E-state index >= 15 is 0 Å². The first-order valence-corrected chi connectivity index (χ1v) is 8.08. The molecule has 0 radical (unpaired) electrons. The van der Waals surface area contributed by atoms with E-state index in [0.717, 1.165) is 6.07 Å². The van der Waals surface area contributed by atoms with Crippen molar-refractivity contribution in [2.45, 2.75) is 44.0 Å². The minimum atomic E-state index is -3.87. The fraction of sp³-hybridized carbons (Fsp3) is 0.462. The van der Waals surface area contributed by atoms with Crippen LogP contribution in [-0.2, 0) is 10.0 Å². The molecule has 0 heterocycles. The van der Waals surface area contributed by atoms with E-state index in [0.29, 0.717) is 12.8 Å². The highest BCUT2D eigenvalue weighted by molar-refractivity contribution is 7.89. The smallest absolute Gasteiger partial charge is 0.335 e. The largest absolute Gasteiger partial charge is 0.478 e. The average Bonchev–Trinajstić information content (AvgIpc) is 2.38. The SMILES string of the molecule is CCC(C)(CC)NS(=O)(=O)c1cc(C(=O)O)ccc1Cl. The third kappa shape index (κ3) is 3.71. The quantitative estimate of drug-likeness (QED) is 0.844. The molecule has 7 heteroatoms. The van der Waals surface area contributed by atoms with Crippen molar-refractivity contribution in [3.8, 4) is 0 Å². The highest BCUT2D eigenvalue weighted by atomic mass is 35.5. The minimum Gasteiger partial charge on any atom is -0.478 e. The Morgan fingerprint density at radius 3 is 2.35 bits per heavy atom. The molecule has 0 aromatic heterocycles. The lowest BCUT2D eigenvalue weighted by Gasteiger charge is -2.28. The molecule has 20 heavy (non-hydrogen) atoms. The molecule has 0 unspecified atom stereocenters. The molecular formula is C13H18ClNO4S. The van der Waals surface area contributed by atoms with Crippen molar-refractivity contribution < 1.29 is 18.3 Å². The summed E-state index contributed by atoms with van der Waals surface area (Å²) >= 11 is 5.89. The summed E-state index contributed by atoms with van der Waals surface area (Å²) in [5.74, 6) is -1.20. The van der Waals surface area contributed by atoms with Crippen LogP contribution in [0.15, 0.2) is 23.1 Å². The Morgan fingerprint density at radius 1 is 1.35 bits per heavy atom. The van der Waals surface area contributed by atoms with Crippen molar-refractivity contribution in [3.05, 3.63) is 28.8 Å². The summed E-state index contributed by atoms with van der Waals surface area (Å²) in [6.07, 6.45) is 1.22.